The summed E-state index contributed by atoms with van der Waals surface area (Å²) in [6, 6.07) is 18.1. The Bertz CT molecular complexity index is 832. The van der Waals surface area contributed by atoms with E-state index in [2.05, 4.69) is 37.0 Å². The fourth-order valence-electron chi connectivity index (χ4n) is 3.87. The molecule has 1 saturated heterocycles. The van der Waals surface area contributed by atoms with Crippen molar-refractivity contribution < 1.29 is 9.59 Å². The van der Waals surface area contributed by atoms with Crippen LogP contribution in [0.1, 0.15) is 35.6 Å². The minimum Gasteiger partial charge on any atom is -0.352 e. The Balaban J connectivity index is 1.81. The van der Waals surface area contributed by atoms with E-state index < -0.39 is 0 Å². The summed E-state index contributed by atoms with van der Waals surface area (Å²) in [6.45, 7) is 6.62. The number of amides is 2. The normalized spacial score (nSPS) is 19.1. The van der Waals surface area contributed by atoms with Crippen molar-refractivity contribution in [3.63, 3.8) is 0 Å². The molecule has 1 fully saturated rings. The van der Waals surface area contributed by atoms with Crippen molar-refractivity contribution in [3.05, 3.63) is 83.9 Å². The molecule has 0 saturated carbocycles. The molecule has 0 aromatic heterocycles. The molecule has 28 heavy (non-hydrogen) atoms. The molecule has 1 aliphatic heterocycles. The first-order chi connectivity index (χ1) is 13.6. The number of aryl methyl sites for hydroxylation is 1. The summed E-state index contributed by atoms with van der Waals surface area (Å²) in [5.41, 5.74) is 3.32. The smallest absolute Gasteiger partial charge is 0.227 e. The van der Waals surface area contributed by atoms with E-state index in [9.17, 15) is 9.59 Å². The van der Waals surface area contributed by atoms with Crippen LogP contribution in [0.5, 0.6) is 0 Å². The largest absolute Gasteiger partial charge is 0.352 e. The van der Waals surface area contributed by atoms with E-state index in [0.717, 1.165) is 24.0 Å². The minimum absolute atomic E-state index is 0.0000957. The number of carbonyl (C=O) groups is 2. The number of hydrogen-bond donors (Lipinski definition) is 1. The first kappa shape index (κ1) is 19.9. The van der Waals surface area contributed by atoms with Crippen LogP contribution in [0, 0.1) is 12.8 Å². The topological polar surface area (TPSA) is 49.4 Å². The molecule has 2 amide bonds. The number of likely N-dealkylation sites (tertiary alicyclic amines) is 1. The third kappa shape index (κ3) is 4.89. The molecule has 0 radical (unpaired) electrons. The fraction of sp³-hybridized carbons (Fsp3) is 0.333. The number of nitrogens with zero attached hydrogens (tertiary/aromatic N) is 1. The van der Waals surface area contributed by atoms with E-state index in [-0.39, 0.29) is 23.8 Å². The van der Waals surface area contributed by atoms with Crippen LogP contribution < -0.4 is 5.32 Å². The van der Waals surface area contributed by atoms with Gasteiger partial charge in [0.2, 0.25) is 11.8 Å². The molecule has 4 heteroatoms. The maximum Gasteiger partial charge on any atom is 0.227 e. The van der Waals surface area contributed by atoms with Gasteiger partial charge in [0, 0.05) is 13.1 Å². The highest BCUT2D eigenvalue weighted by Crippen LogP contribution is 2.34. The van der Waals surface area contributed by atoms with Gasteiger partial charge < -0.3 is 10.2 Å². The number of carbonyl (C=O) groups excluding carboxylic acids is 2. The summed E-state index contributed by atoms with van der Waals surface area (Å²) in [4.78, 5) is 27.6. The Hall–Kier alpha value is -2.88. The monoisotopic (exact) mass is 376 g/mol. The first-order valence-electron chi connectivity index (χ1n) is 9.87. The second-order valence-electron chi connectivity index (χ2n) is 7.45. The van der Waals surface area contributed by atoms with Crippen LogP contribution in [0.25, 0.3) is 0 Å². The van der Waals surface area contributed by atoms with E-state index in [1.807, 2.05) is 41.3 Å². The molecular formula is C24H28N2O2. The van der Waals surface area contributed by atoms with Crippen LogP contribution in [-0.2, 0) is 16.0 Å². The van der Waals surface area contributed by atoms with Gasteiger partial charge in [0.05, 0.1) is 18.4 Å². The summed E-state index contributed by atoms with van der Waals surface area (Å²) < 4.78 is 0. The maximum atomic E-state index is 13.2. The number of nitrogens with one attached hydrogen (secondary N) is 1. The van der Waals surface area contributed by atoms with Crippen molar-refractivity contribution >= 4 is 11.8 Å². The number of hydrogen-bond acceptors (Lipinski definition) is 2. The zero-order chi connectivity index (χ0) is 19.9. The van der Waals surface area contributed by atoms with Gasteiger partial charge in [0.15, 0.2) is 0 Å². The van der Waals surface area contributed by atoms with Gasteiger partial charge in [-0.1, -0.05) is 66.2 Å². The summed E-state index contributed by atoms with van der Waals surface area (Å²) in [7, 11) is 0. The van der Waals surface area contributed by atoms with Crippen LogP contribution >= 0.6 is 0 Å². The third-order valence-electron chi connectivity index (χ3n) is 5.32. The number of rotatable bonds is 6. The lowest BCUT2D eigenvalue weighted by atomic mass is 9.87. The molecule has 1 N–H and O–H groups in total. The van der Waals surface area contributed by atoms with E-state index in [4.69, 9.17) is 0 Å². The van der Waals surface area contributed by atoms with Crippen LogP contribution in [0.15, 0.2) is 67.3 Å². The molecule has 0 unspecified atom stereocenters. The van der Waals surface area contributed by atoms with Gasteiger partial charge in [0.1, 0.15) is 0 Å². The van der Waals surface area contributed by atoms with Crippen molar-refractivity contribution in [2.75, 3.05) is 13.1 Å². The van der Waals surface area contributed by atoms with Gasteiger partial charge in [-0.2, -0.15) is 0 Å². The van der Waals surface area contributed by atoms with E-state index >= 15 is 0 Å². The van der Waals surface area contributed by atoms with E-state index in [0.29, 0.717) is 19.5 Å². The number of benzene rings is 2. The first-order valence-corrected chi connectivity index (χ1v) is 9.87. The molecule has 2 aromatic carbocycles. The highest BCUT2D eigenvalue weighted by molar-refractivity contribution is 5.82. The summed E-state index contributed by atoms with van der Waals surface area (Å²) >= 11 is 0. The highest BCUT2D eigenvalue weighted by atomic mass is 16.2. The van der Waals surface area contributed by atoms with Crippen LogP contribution in [0.3, 0.4) is 0 Å². The molecule has 3 rings (SSSR count). The minimum atomic E-state index is -0.180. The Morgan fingerprint density at radius 1 is 1.14 bits per heavy atom. The second kappa shape index (κ2) is 9.36. The molecule has 4 nitrogen and oxygen atoms in total. The Kier molecular flexibility index (Phi) is 6.64. The molecular weight excluding hydrogens is 348 g/mol. The van der Waals surface area contributed by atoms with Crippen LogP contribution in [0.2, 0.25) is 0 Å². The average molecular weight is 377 g/mol. The second-order valence-corrected chi connectivity index (χ2v) is 7.45. The van der Waals surface area contributed by atoms with Crippen molar-refractivity contribution in [1.29, 1.82) is 0 Å². The lowest BCUT2D eigenvalue weighted by molar-refractivity contribution is -0.138. The third-order valence-corrected chi connectivity index (χ3v) is 5.32. The SMILES string of the molecule is C=CCNC(=O)[C@H]1CC[C@@H](c2cccc(C)c2)N(C(=O)Cc2ccccc2)C1. The van der Waals surface area contributed by atoms with Crippen molar-refractivity contribution in [3.8, 4) is 0 Å². The maximum absolute atomic E-state index is 13.2. The highest BCUT2D eigenvalue weighted by Gasteiger charge is 2.35. The van der Waals surface area contributed by atoms with Gasteiger partial charge in [-0.05, 0) is 30.9 Å². The zero-order valence-electron chi connectivity index (χ0n) is 16.4. The summed E-state index contributed by atoms with van der Waals surface area (Å²) in [6.07, 6.45) is 3.59. The molecule has 2 atom stereocenters. The summed E-state index contributed by atoms with van der Waals surface area (Å²) in [5, 5.41) is 2.88. The van der Waals surface area contributed by atoms with Crippen LogP contribution in [0.4, 0.5) is 0 Å². The van der Waals surface area contributed by atoms with E-state index in [1.54, 1.807) is 6.08 Å². The summed E-state index contributed by atoms with van der Waals surface area (Å²) in [5.74, 6) is -0.111. The molecule has 0 spiro atoms. The van der Waals surface area contributed by atoms with E-state index in [1.165, 1.54) is 5.56 Å². The molecule has 1 aliphatic rings. The predicted molar refractivity (Wildman–Crippen MR) is 112 cm³/mol. The van der Waals surface area contributed by atoms with Gasteiger partial charge in [-0.3, -0.25) is 9.59 Å². The zero-order valence-corrected chi connectivity index (χ0v) is 16.4. The predicted octanol–water partition coefficient (Wildman–Crippen LogP) is 3.82. The standard InChI is InChI=1S/C24H28N2O2/c1-3-14-25-24(28)21-12-13-22(20-11-7-8-18(2)15-20)26(17-21)23(27)16-19-9-5-4-6-10-19/h3-11,15,21-22H,1,12-14,16-17H2,2H3,(H,25,28)/t21-,22-/m0/s1. The lowest BCUT2D eigenvalue weighted by Crippen LogP contribution is -2.47. The van der Waals surface area contributed by atoms with Crippen LogP contribution in [-0.4, -0.2) is 29.8 Å². The Labute approximate surface area is 167 Å². The Morgan fingerprint density at radius 3 is 2.64 bits per heavy atom. The molecule has 2 aromatic rings. The number of piperidine rings is 1. The quantitative estimate of drug-likeness (QED) is 0.779. The molecule has 0 aliphatic carbocycles. The van der Waals surface area contributed by atoms with Gasteiger partial charge in [-0.25, -0.2) is 0 Å². The Morgan fingerprint density at radius 2 is 1.93 bits per heavy atom. The van der Waals surface area contributed by atoms with Gasteiger partial charge in [-0.15, -0.1) is 6.58 Å². The van der Waals surface area contributed by atoms with Gasteiger partial charge in [0.25, 0.3) is 0 Å². The van der Waals surface area contributed by atoms with Crippen molar-refractivity contribution in [1.82, 2.24) is 10.2 Å². The fourth-order valence-corrected chi connectivity index (χ4v) is 3.87. The lowest BCUT2D eigenvalue weighted by Gasteiger charge is -2.39. The molecule has 146 valence electrons. The van der Waals surface area contributed by atoms with Crippen molar-refractivity contribution in [2.24, 2.45) is 5.92 Å². The molecule has 0 bridgehead atoms. The van der Waals surface area contributed by atoms with Gasteiger partial charge >= 0.3 is 0 Å². The average Bonchev–Trinajstić information content (AvgIpc) is 2.72. The molecule has 1 heterocycles. The van der Waals surface area contributed by atoms with Crippen molar-refractivity contribution in [2.45, 2.75) is 32.2 Å².